The van der Waals surface area contributed by atoms with E-state index in [0.29, 0.717) is 30.8 Å². The zero-order chi connectivity index (χ0) is 68.1. The molecular weight excluding hydrogens is 1270 g/mol. The maximum Gasteiger partial charge on any atom is 0.490 e. The monoisotopic (exact) mass is 1340 g/mol. The van der Waals surface area contributed by atoms with Crippen LogP contribution in [-0.4, -0.2) is 124 Å². The second kappa shape index (κ2) is 26.8. The molecule has 23 heteroatoms. The highest BCUT2D eigenvalue weighted by molar-refractivity contribution is 5.74. The van der Waals surface area contributed by atoms with Gasteiger partial charge >= 0.3 is 18.2 Å². The van der Waals surface area contributed by atoms with Crippen LogP contribution in [0.3, 0.4) is 0 Å². The summed E-state index contributed by atoms with van der Waals surface area (Å²) < 4.78 is 104. The van der Waals surface area contributed by atoms with E-state index in [4.69, 9.17) is 14.6 Å². The van der Waals surface area contributed by atoms with E-state index in [9.17, 15) is 35.5 Å². The van der Waals surface area contributed by atoms with Gasteiger partial charge in [0.05, 0.1) is 97.0 Å². The molecule has 0 radical (unpaired) electrons. The first-order valence-electron chi connectivity index (χ1n) is 33.1. The summed E-state index contributed by atoms with van der Waals surface area (Å²) in [7, 11) is 0. The SMILES string of the molecule is CC(C)(C)OC(=O)N1CCC(C2c3c(F)cccc3-c3cncn32)C1.Fc1cccc2c1C(C1CCN(c3ccccc3)C1)n1cncc1-2.Fc1cccc2c1C(C1CCN(c3ccccc3)C1)n1cncc1-2.Fc1cccc2c1C(C1CCNC1)n1cncc1-2.O=C(O)C(F)(F)F. The van der Waals surface area contributed by atoms with Crippen LogP contribution in [0.15, 0.2) is 184 Å². The lowest BCUT2D eigenvalue weighted by atomic mass is 9.91. The second-order valence-electron chi connectivity index (χ2n) is 27.0. The smallest absolute Gasteiger partial charge is 0.475 e. The van der Waals surface area contributed by atoms with E-state index in [-0.39, 0.29) is 59.4 Å². The van der Waals surface area contributed by atoms with Crippen molar-refractivity contribution in [1.29, 1.82) is 0 Å². The number of rotatable bonds is 6. The average molecular weight is 1340 g/mol. The number of benzene rings is 6. The van der Waals surface area contributed by atoms with Crippen LogP contribution in [0.4, 0.5) is 46.9 Å². The number of ether oxygens (including phenoxy) is 1. The number of nitrogens with one attached hydrogen (secondary N) is 1. The third-order valence-corrected chi connectivity index (χ3v) is 20.1. The number of carboxylic acids is 1. The number of halogens is 7. The fourth-order valence-corrected chi connectivity index (χ4v) is 15.9. The highest BCUT2D eigenvalue weighted by Gasteiger charge is 2.45. The fourth-order valence-electron chi connectivity index (χ4n) is 15.9. The summed E-state index contributed by atoms with van der Waals surface area (Å²) in [5, 5.41) is 10.5. The van der Waals surface area contributed by atoms with Crippen LogP contribution in [0.1, 0.15) is 92.9 Å². The van der Waals surface area contributed by atoms with E-state index in [1.165, 1.54) is 17.4 Å². The summed E-state index contributed by atoms with van der Waals surface area (Å²) in [6, 6.07) is 42.3. The molecule has 4 saturated heterocycles. The molecule has 4 fully saturated rings. The van der Waals surface area contributed by atoms with E-state index in [1.54, 1.807) is 59.9 Å². The van der Waals surface area contributed by atoms with Gasteiger partial charge in [-0.1, -0.05) is 84.9 Å². The number of para-hydroxylation sites is 2. The Kier molecular flexibility index (Phi) is 17.8. The fraction of sp³-hybridized carbons (Fsp3) is 0.333. The number of aliphatic carboxylic acids is 1. The number of alkyl halides is 3. The predicted molar refractivity (Wildman–Crippen MR) is 357 cm³/mol. The van der Waals surface area contributed by atoms with E-state index < -0.39 is 17.7 Å². The van der Waals surface area contributed by atoms with Gasteiger partial charge in [-0.3, -0.25) is 0 Å². The Morgan fingerprint density at radius 3 is 1.12 bits per heavy atom. The van der Waals surface area contributed by atoms with Gasteiger partial charge in [-0.2, -0.15) is 13.2 Å². The van der Waals surface area contributed by atoms with Gasteiger partial charge in [-0.15, -0.1) is 0 Å². The number of carbonyl (C=O) groups is 2. The van der Waals surface area contributed by atoms with Crippen LogP contribution in [0.5, 0.6) is 0 Å². The van der Waals surface area contributed by atoms with Crippen LogP contribution in [0.25, 0.3) is 45.0 Å². The first kappa shape index (κ1) is 65.3. The number of carboxylic acid groups (broad SMARTS) is 1. The van der Waals surface area contributed by atoms with Crippen LogP contribution < -0.4 is 15.1 Å². The standard InChI is InChI=1S/2C20H18FN3.C19H22FN3O2.C14H14FN3.C2HF3O2/c2*21-17-8-4-7-16-18-11-22-13-24(18)20(19(16)17)14-9-10-23(12-14)15-5-2-1-3-6-15;1-19(2,3)25-18(24)22-8-7-12(10-22)17-16-13(5-4-6-14(16)20)15-9-21-11-23(15)17;15-11-3-1-2-10-12-7-17-8-18(12)14(13(10)11)9-4-5-16-6-9;3-2(4,5)1(6)7/h2*1-8,11,13-14,20H,9-10,12H2;4-6,9,11-12,17H,7-8,10H2,1-3H3;1-3,7-9,14,16H,4-6H2;(H,6,7). The Hall–Kier alpha value is -10.0. The van der Waals surface area contributed by atoms with Gasteiger partial charge in [-0.25, -0.2) is 47.1 Å². The molecule has 6 aromatic carbocycles. The maximum atomic E-state index is 14.6. The Morgan fingerprint density at radius 2 is 0.796 bits per heavy atom. The summed E-state index contributed by atoms with van der Waals surface area (Å²) in [5.41, 5.74) is 13.2. The number of fused-ring (bicyclic) bond motifs is 12. The van der Waals surface area contributed by atoms with Gasteiger partial charge in [0.15, 0.2) is 0 Å². The largest absolute Gasteiger partial charge is 0.490 e. The Balaban J connectivity index is 0.000000109. The number of likely N-dealkylation sites (tertiary alicyclic amines) is 1. The second-order valence-corrected chi connectivity index (χ2v) is 27.0. The molecule has 0 saturated carbocycles. The maximum absolute atomic E-state index is 14.6. The molecule has 0 aliphatic carbocycles. The normalized spacial score (nSPS) is 21.7. The lowest BCUT2D eigenvalue weighted by Crippen LogP contribution is -2.36. The molecule has 16 nitrogen and oxygen atoms in total. The van der Waals surface area contributed by atoms with Gasteiger partial charge < -0.3 is 48.1 Å². The van der Waals surface area contributed by atoms with Crippen LogP contribution in [0, 0.1) is 46.9 Å². The van der Waals surface area contributed by atoms with Gasteiger partial charge in [0.1, 0.15) is 28.9 Å². The van der Waals surface area contributed by atoms with Crippen LogP contribution >= 0.6 is 0 Å². The first-order chi connectivity index (χ1) is 47.3. The van der Waals surface area contributed by atoms with E-state index in [2.05, 4.69) is 97.3 Å². The van der Waals surface area contributed by atoms with Crippen molar-refractivity contribution in [2.75, 3.05) is 62.2 Å². The molecule has 506 valence electrons. The number of imidazole rings is 4. The molecule has 98 heavy (non-hydrogen) atoms. The Bertz CT molecular complexity index is 4370. The van der Waals surface area contributed by atoms with Crippen molar-refractivity contribution in [3.8, 4) is 45.0 Å². The number of nitrogens with zero attached hydrogens (tertiary/aromatic N) is 11. The number of hydrogen-bond acceptors (Lipinski definition) is 10. The molecule has 8 aliphatic heterocycles. The number of anilines is 2. The third-order valence-electron chi connectivity index (χ3n) is 20.1. The van der Waals surface area contributed by atoms with Crippen LogP contribution in [-0.2, 0) is 9.53 Å². The molecule has 0 spiro atoms. The van der Waals surface area contributed by atoms with Crippen molar-refractivity contribution >= 4 is 23.4 Å². The Labute approximate surface area is 562 Å². The van der Waals surface area contributed by atoms with Crippen molar-refractivity contribution in [3.63, 3.8) is 0 Å². The van der Waals surface area contributed by atoms with Gasteiger partial charge in [-0.05, 0) is 107 Å². The molecule has 1 amide bonds. The quantitative estimate of drug-likeness (QED) is 0.153. The summed E-state index contributed by atoms with van der Waals surface area (Å²) in [5.74, 6) is -1.87. The van der Waals surface area contributed by atoms with Crippen molar-refractivity contribution in [1.82, 2.24) is 48.4 Å². The predicted octanol–water partition coefficient (Wildman–Crippen LogP) is 14.9. The summed E-state index contributed by atoms with van der Waals surface area (Å²) in [6.45, 7) is 12.7. The highest BCUT2D eigenvalue weighted by Crippen LogP contribution is 2.51. The number of amides is 1. The summed E-state index contributed by atoms with van der Waals surface area (Å²) >= 11 is 0. The molecule has 8 unspecified atom stereocenters. The lowest BCUT2D eigenvalue weighted by molar-refractivity contribution is -0.192. The van der Waals surface area contributed by atoms with Crippen molar-refractivity contribution in [2.24, 2.45) is 23.7 Å². The molecular formula is C75H73F7N12O4. The van der Waals surface area contributed by atoms with E-state index >= 15 is 0 Å². The minimum Gasteiger partial charge on any atom is -0.475 e. The Morgan fingerprint density at radius 1 is 0.459 bits per heavy atom. The molecule has 12 heterocycles. The number of carbonyl (C=O) groups excluding carboxylic acids is 1. The minimum absolute atomic E-state index is 0.0485. The molecule has 0 bridgehead atoms. The lowest BCUT2D eigenvalue weighted by Gasteiger charge is -2.26. The molecule has 2 N–H and O–H groups in total. The molecule has 18 rings (SSSR count). The number of aromatic nitrogens is 8. The third kappa shape index (κ3) is 12.5. The minimum atomic E-state index is -5.08. The van der Waals surface area contributed by atoms with Crippen molar-refractivity contribution in [3.05, 3.63) is 229 Å². The molecule has 4 aromatic heterocycles. The zero-order valence-electron chi connectivity index (χ0n) is 54.2. The van der Waals surface area contributed by atoms with Crippen molar-refractivity contribution in [2.45, 2.75) is 82.4 Å². The van der Waals surface area contributed by atoms with Crippen LogP contribution in [0.2, 0.25) is 0 Å². The first-order valence-corrected chi connectivity index (χ1v) is 33.1. The highest BCUT2D eigenvalue weighted by atomic mass is 19.4. The summed E-state index contributed by atoms with van der Waals surface area (Å²) in [4.78, 5) is 44.8. The van der Waals surface area contributed by atoms with E-state index in [1.807, 2.05) is 99.3 Å². The van der Waals surface area contributed by atoms with Gasteiger partial charge in [0.2, 0.25) is 0 Å². The van der Waals surface area contributed by atoms with Gasteiger partial charge in [0, 0.05) is 119 Å². The molecule has 8 atom stereocenters. The zero-order valence-corrected chi connectivity index (χ0v) is 54.2. The topological polar surface area (TPSA) is 157 Å². The van der Waals surface area contributed by atoms with Crippen molar-refractivity contribution < 1.29 is 50.2 Å². The average Bonchev–Trinajstić information content (AvgIpc) is 1.61. The molecule has 8 aliphatic rings. The summed E-state index contributed by atoms with van der Waals surface area (Å²) in [6.07, 6.45) is 13.3. The van der Waals surface area contributed by atoms with E-state index in [0.717, 1.165) is 132 Å². The molecule has 10 aromatic rings. The number of hydrogen-bond donors (Lipinski definition) is 2. The van der Waals surface area contributed by atoms with Gasteiger partial charge in [0.25, 0.3) is 0 Å².